The number of halogens is 1. The average molecular weight is 294 g/mol. The minimum absolute atomic E-state index is 0.188. The molecule has 2 aromatic rings. The Morgan fingerprint density at radius 3 is 2.68 bits per heavy atom. The van der Waals surface area contributed by atoms with E-state index in [9.17, 15) is 4.39 Å². The molecule has 1 aromatic heterocycles. The predicted octanol–water partition coefficient (Wildman–Crippen LogP) is 3.61. The van der Waals surface area contributed by atoms with Crippen LogP contribution in [-0.4, -0.2) is 5.11 Å². The van der Waals surface area contributed by atoms with Crippen molar-refractivity contribution in [1.29, 1.82) is 0 Å². The van der Waals surface area contributed by atoms with Gasteiger partial charge < -0.3 is 10.6 Å². The van der Waals surface area contributed by atoms with E-state index in [0.29, 0.717) is 11.7 Å². The Kier molecular flexibility index (Phi) is 4.87. The maximum absolute atomic E-state index is 12.8. The molecule has 0 bridgehead atoms. The third-order valence-electron chi connectivity index (χ3n) is 2.68. The fourth-order valence-corrected chi connectivity index (χ4v) is 2.62. The van der Waals surface area contributed by atoms with Crippen LogP contribution in [0.3, 0.4) is 0 Å². The summed E-state index contributed by atoms with van der Waals surface area (Å²) in [5.74, 6) is -0.226. The van der Waals surface area contributed by atoms with Crippen molar-refractivity contribution >= 4 is 28.7 Å². The van der Waals surface area contributed by atoms with Gasteiger partial charge in [-0.1, -0.05) is 18.2 Å². The lowest BCUT2D eigenvalue weighted by molar-refractivity contribution is 0.626. The van der Waals surface area contributed by atoms with E-state index in [4.69, 9.17) is 12.2 Å². The van der Waals surface area contributed by atoms with Crippen molar-refractivity contribution in [3.05, 3.63) is 58.0 Å². The van der Waals surface area contributed by atoms with Crippen LogP contribution in [0.5, 0.6) is 0 Å². The second-order valence-electron chi connectivity index (χ2n) is 4.19. The number of benzene rings is 1. The number of nitrogens with one attached hydrogen (secondary N) is 2. The smallest absolute Gasteiger partial charge is 0.167 e. The Hall–Kier alpha value is -1.46. The van der Waals surface area contributed by atoms with Crippen molar-refractivity contribution in [1.82, 2.24) is 10.6 Å². The summed E-state index contributed by atoms with van der Waals surface area (Å²) in [6.45, 7) is 2.65. The Labute approximate surface area is 121 Å². The van der Waals surface area contributed by atoms with E-state index in [-0.39, 0.29) is 11.9 Å². The van der Waals surface area contributed by atoms with Crippen LogP contribution in [0.25, 0.3) is 0 Å². The summed E-state index contributed by atoms with van der Waals surface area (Å²) >= 11 is 6.93. The molecule has 5 heteroatoms. The standard InChI is InChI=1S/C14H15FN2S2/c1-10(13-3-2-8-19-13)17-14(18)16-9-11-4-6-12(15)7-5-11/h2-8,10H,9H2,1H3,(H2,16,17,18)/t10-/m0/s1. The molecular weight excluding hydrogens is 279 g/mol. The molecule has 2 nitrogen and oxygen atoms in total. The van der Waals surface area contributed by atoms with Gasteiger partial charge >= 0.3 is 0 Å². The second kappa shape index (κ2) is 6.63. The van der Waals surface area contributed by atoms with Crippen molar-refractivity contribution in [2.75, 3.05) is 0 Å². The molecule has 0 aliphatic rings. The number of thiocarbonyl (C=S) groups is 1. The molecule has 19 heavy (non-hydrogen) atoms. The molecule has 0 aliphatic carbocycles. The molecule has 2 N–H and O–H groups in total. The molecule has 1 aromatic carbocycles. The summed E-state index contributed by atoms with van der Waals surface area (Å²) in [6, 6.07) is 10.7. The van der Waals surface area contributed by atoms with Crippen LogP contribution < -0.4 is 10.6 Å². The fourth-order valence-electron chi connectivity index (χ4n) is 1.64. The topological polar surface area (TPSA) is 24.1 Å². The molecular formula is C14H15FN2S2. The number of rotatable bonds is 4. The summed E-state index contributed by atoms with van der Waals surface area (Å²) in [7, 11) is 0. The van der Waals surface area contributed by atoms with E-state index < -0.39 is 0 Å². The molecule has 100 valence electrons. The van der Waals surface area contributed by atoms with Crippen LogP contribution in [0.1, 0.15) is 23.4 Å². The van der Waals surface area contributed by atoms with E-state index in [0.717, 1.165) is 5.56 Å². The predicted molar refractivity (Wildman–Crippen MR) is 81.7 cm³/mol. The zero-order chi connectivity index (χ0) is 13.7. The van der Waals surface area contributed by atoms with Gasteiger partial charge in [-0.15, -0.1) is 11.3 Å². The van der Waals surface area contributed by atoms with Crippen LogP contribution in [0.2, 0.25) is 0 Å². The van der Waals surface area contributed by atoms with Gasteiger partial charge in [0.15, 0.2) is 5.11 Å². The Morgan fingerprint density at radius 2 is 2.05 bits per heavy atom. The highest BCUT2D eigenvalue weighted by atomic mass is 32.1. The summed E-state index contributed by atoms with van der Waals surface area (Å²) in [6.07, 6.45) is 0. The monoisotopic (exact) mass is 294 g/mol. The molecule has 2 rings (SSSR count). The number of hydrogen-bond donors (Lipinski definition) is 2. The summed E-state index contributed by atoms with van der Waals surface area (Å²) < 4.78 is 12.8. The van der Waals surface area contributed by atoms with Gasteiger partial charge in [-0.3, -0.25) is 0 Å². The Balaban J connectivity index is 1.80. The first-order valence-electron chi connectivity index (χ1n) is 5.97. The van der Waals surface area contributed by atoms with Crippen LogP contribution in [0.15, 0.2) is 41.8 Å². The van der Waals surface area contributed by atoms with E-state index in [2.05, 4.69) is 23.6 Å². The highest BCUT2D eigenvalue weighted by Crippen LogP contribution is 2.17. The van der Waals surface area contributed by atoms with Gasteiger partial charge in [-0.2, -0.15) is 0 Å². The lowest BCUT2D eigenvalue weighted by atomic mass is 10.2. The normalized spacial score (nSPS) is 11.9. The van der Waals surface area contributed by atoms with Gasteiger partial charge in [0.05, 0.1) is 6.04 Å². The Bertz CT molecular complexity index is 523. The fraction of sp³-hybridized carbons (Fsp3) is 0.214. The summed E-state index contributed by atoms with van der Waals surface area (Å²) in [5.41, 5.74) is 0.995. The molecule has 0 unspecified atom stereocenters. The third kappa shape index (κ3) is 4.29. The van der Waals surface area contributed by atoms with Gasteiger partial charge in [0, 0.05) is 11.4 Å². The van der Waals surface area contributed by atoms with Crippen molar-refractivity contribution in [3.63, 3.8) is 0 Å². The van der Waals surface area contributed by atoms with Crippen molar-refractivity contribution in [2.24, 2.45) is 0 Å². The van der Waals surface area contributed by atoms with Gasteiger partial charge in [-0.05, 0) is 48.3 Å². The minimum Gasteiger partial charge on any atom is -0.359 e. The molecule has 0 saturated carbocycles. The lowest BCUT2D eigenvalue weighted by Gasteiger charge is -2.15. The first kappa shape index (κ1) is 14.0. The lowest BCUT2D eigenvalue weighted by Crippen LogP contribution is -2.36. The first-order valence-corrected chi connectivity index (χ1v) is 7.26. The van der Waals surface area contributed by atoms with E-state index in [1.54, 1.807) is 23.5 Å². The second-order valence-corrected chi connectivity index (χ2v) is 5.58. The maximum atomic E-state index is 12.8. The van der Waals surface area contributed by atoms with E-state index in [1.165, 1.54) is 17.0 Å². The molecule has 0 saturated heterocycles. The van der Waals surface area contributed by atoms with Gasteiger partial charge in [0.1, 0.15) is 5.82 Å². The zero-order valence-electron chi connectivity index (χ0n) is 10.5. The van der Waals surface area contributed by atoms with Crippen molar-refractivity contribution < 1.29 is 4.39 Å². The SMILES string of the molecule is C[C@H](NC(=S)NCc1ccc(F)cc1)c1cccs1. The van der Waals surface area contributed by atoms with Crippen LogP contribution in [-0.2, 0) is 6.54 Å². The summed E-state index contributed by atoms with van der Waals surface area (Å²) in [5, 5.41) is 8.98. The highest BCUT2D eigenvalue weighted by Gasteiger charge is 2.07. The van der Waals surface area contributed by atoms with E-state index >= 15 is 0 Å². The van der Waals surface area contributed by atoms with Gasteiger partial charge in [0.2, 0.25) is 0 Å². The Morgan fingerprint density at radius 1 is 1.32 bits per heavy atom. The molecule has 0 amide bonds. The molecule has 1 atom stereocenters. The van der Waals surface area contributed by atoms with Crippen molar-refractivity contribution in [3.8, 4) is 0 Å². The molecule has 1 heterocycles. The third-order valence-corrected chi connectivity index (χ3v) is 4.00. The highest BCUT2D eigenvalue weighted by molar-refractivity contribution is 7.80. The number of hydrogen-bond acceptors (Lipinski definition) is 2. The van der Waals surface area contributed by atoms with E-state index in [1.807, 2.05) is 11.4 Å². The quantitative estimate of drug-likeness (QED) is 0.842. The first-order chi connectivity index (χ1) is 9.15. The van der Waals surface area contributed by atoms with Crippen LogP contribution in [0, 0.1) is 5.82 Å². The molecule has 0 fully saturated rings. The minimum atomic E-state index is -0.226. The summed E-state index contributed by atoms with van der Waals surface area (Å²) in [4.78, 5) is 1.24. The van der Waals surface area contributed by atoms with Gasteiger partial charge in [-0.25, -0.2) is 4.39 Å². The van der Waals surface area contributed by atoms with Crippen LogP contribution in [0.4, 0.5) is 4.39 Å². The zero-order valence-corrected chi connectivity index (χ0v) is 12.2. The average Bonchev–Trinajstić information content (AvgIpc) is 2.92. The molecule has 0 spiro atoms. The molecule has 0 radical (unpaired) electrons. The maximum Gasteiger partial charge on any atom is 0.167 e. The molecule has 0 aliphatic heterocycles. The van der Waals surface area contributed by atoms with Crippen LogP contribution >= 0.6 is 23.6 Å². The largest absolute Gasteiger partial charge is 0.359 e. The van der Waals surface area contributed by atoms with Crippen molar-refractivity contribution in [2.45, 2.75) is 19.5 Å². The van der Waals surface area contributed by atoms with Gasteiger partial charge in [0.25, 0.3) is 0 Å². The number of thiophene rings is 1.